The first kappa shape index (κ1) is 21.3. The van der Waals surface area contributed by atoms with Crippen molar-refractivity contribution in [3.63, 3.8) is 0 Å². The summed E-state index contributed by atoms with van der Waals surface area (Å²) in [5.41, 5.74) is 0.418. The normalized spacial score (nSPS) is 24.6. The number of carboxylic acid groups (broad SMARTS) is 1. The number of carbonyl (C=O) groups excluding carboxylic acids is 2. The van der Waals surface area contributed by atoms with Gasteiger partial charge in [0.05, 0.1) is 0 Å². The van der Waals surface area contributed by atoms with Crippen LogP contribution in [-0.2, 0) is 9.59 Å². The number of likely N-dealkylation sites (tertiary alicyclic amines) is 1. The molecule has 1 aromatic heterocycles. The maximum absolute atomic E-state index is 12.8. The summed E-state index contributed by atoms with van der Waals surface area (Å²) in [5.74, 6) is -0.0551. The van der Waals surface area contributed by atoms with Gasteiger partial charge in [-0.3, -0.25) is 14.5 Å². The van der Waals surface area contributed by atoms with Crippen LogP contribution in [0.3, 0.4) is 0 Å². The fourth-order valence-corrected chi connectivity index (χ4v) is 4.30. The van der Waals surface area contributed by atoms with E-state index in [0.717, 1.165) is 18.4 Å². The summed E-state index contributed by atoms with van der Waals surface area (Å²) < 4.78 is 0.582. The molecule has 0 spiro atoms. The van der Waals surface area contributed by atoms with Gasteiger partial charge in [-0.1, -0.05) is 12.1 Å². The van der Waals surface area contributed by atoms with Gasteiger partial charge >= 0.3 is 6.09 Å². The Labute approximate surface area is 177 Å². The number of halogens is 1. The van der Waals surface area contributed by atoms with Crippen molar-refractivity contribution in [2.45, 2.75) is 51.1 Å². The quantitative estimate of drug-likeness (QED) is 0.311. The first-order valence-electron chi connectivity index (χ1n) is 9.60. The molecule has 3 N–H and O–H groups in total. The summed E-state index contributed by atoms with van der Waals surface area (Å²) in [7, 11) is 0. The summed E-state index contributed by atoms with van der Waals surface area (Å²) in [6.07, 6.45) is 3.62. The maximum Gasteiger partial charge on any atom is 0.408 e. The lowest BCUT2D eigenvalue weighted by atomic mass is 9.99. The van der Waals surface area contributed by atoms with Crippen LogP contribution in [0.25, 0.3) is 0 Å². The summed E-state index contributed by atoms with van der Waals surface area (Å²) in [5, 5.41) is 15.3. The van der Waals surface area contributed by atoms with Crippen molar-refractivity contribution >= 4 is 39.7 Å². The summed E-state index contributed by atoms with van der Waals surface area (Å²) in [4.78, 5) is 42.1. The molecule has 2 aliphatic rings. The number of fused-ring (bicyclic) bond motifs is 1. The number of aryl methyl sites for hydroxylation is 1. The second-order valence-corrected chi connectivity index (χ2v) is 8.55. The molecule has 1 aliphatic carbocycles. The van der Waals surface area contributed by atoms with E-state index in [1.54, 1.807) is 12.1 Å². The van der Waals surface area contributed by atoms with Gasteiger partial charge in [-0.2, -0.15) is 0 Å². The molecule has 1 saturated carbocycles. The second-order valence-electron chi connectivity index (χ2n) is 7.74. The summed E-state index contributed by atoms with van der Waals surface area (Å²) in [6.45, 7) is 5.84. The lowest BCUT2D eigenvalue weighted by Gasteiger charge is -2.24. The maximum atomic E-state index is 12.8. The first-order valence-corrected chi connectivity index (χ1v) is 10.4. The van der Waals surface area contributed by atoms with Gasteiger partial charge in [-0.15, -0.1) is 6.58 Å². The molecule has 3 unspecified atom stereocenters. The number of unbranched alkanes of at least 4 members (excludes halogenated alkanes) is 1. The van der Waals surface area contributed by atoms with Crippen LogP contribution in [0.2, 0.25) is 0 Å². The molecule has 3 rings (SSSR count). The standard InChI is InChI=1S/C20H25BrN4O4/c1-3-4-5-6-16(26)22-11-20-9-13(25(19(28)29)14(20)10-20)18(27)24-17-12(2)7-8-15(21)23-17/h3,7-8,13-14H,1,4-6,9-11H2,2H3,(H,22,26)(H,28,29)(H,23,24,27). The fourth-order valence-electron chi connectivity index (χ4n) is 3.99. The molecule has 3 amide bonds. The van der Waals surface area contributed by atoms with E-state index in [4.69, 9.17) is 0 Å². The molecule has 0 aromatic carbocycles. The largest absolute Gasteiger partial charge is 0.465 e. The zero-order valence-electron chi connectivity index (χ0n) is 16.3. The minimum Gasteiger partial charge on any atom is -0.465 e. The molecule has 2 fully saturated rings. The number of hydrogen-bond donors (Lipinski definition) is 3. The third kappa shape index (κ3) is 4.60. The predicted molar refractivity (Wildman–Crippen MR) is 111 cm³/mol. The molecule has 29 heavy (non-hydrogen) atoms. The van der Waals surface area contributed by atoms with Crippen molar-refractivity contribution in [2.75, 3.05) is 11.9 Å². The minimum atomic E-state index is -1.12. The molecule has 0 bridgehead atoms. The molecule has 3 atom stereocenters. The van der Waals surface area contributed by atoms with Crippen molar-refractivity contribution in [3.05, 3.63) is 35.0 Å². The fraction of sp³-hybridized carbons (Fsp3) is 0.500. The summed E-state index contributed by atoms with van der Waals surface area (Å²) >= 11 is 3.27. The van der Waals surface area contributed by atoms with Crippen LogP contribution >= 0.6 is 15.9 Å². The van der Waals surface area contributed by atoms with Gasteiger partial charge in [-0.25, -0.2) is 9.78 Å². The highest BCUT2D eigenvalue weighted by molar-refractivity contribution is 9.10. The van der Waals surface area contributed by atoms with Crippen molar-refractivity contribution in [1.29, 1.82) is 0 Å². The minimum absolute atomic E-state index is 0.0596. The number of nitrogens with one attached hydrogen (secondary N) is 2. The average Bonchev–Trinajstić information content (AvgIpc) is 3.26. The Kier molecular flexibility index (Phi) is 6.26. The van der Waals surface area contributed by atoms with E-state index in [1.807, 2.05) is 13.0 Å². The van der Waals surface area contributed by atoms with Gasteiger partial charge in [0.15, 0.2) is 0 Å². The molecule has 0 radical (unpaired) electrons. The van der Waals surface area contributed by atoms with Gasteiger partial charge in [-0.05, 0) is 60.2 Å². The number of allylic oxidation sites excluding steroid dienone is 1. The monoisotopic (exact) mass is 464 g/mol. The molecule has 1 saturated heterocycles. The first-order chi connectivity index (χ1) is 13.8. The van der Waals surface area contributed by atoms with E-state index in [1.165, 1.54) is 4.90 Å². The number of piperidine rings is 1. The Balaban J connectivity index is 1.64. The van der Waals surface area contributed by atoms with E-state index in [9.17, 15) is 19.5 Å². The lowest BCUT2D eigenvalue weighted by molar-refractivity contribution is -0.121. The van der Waals surface area contributed by atoms with Gasteiger partial charge in [0.2, 0.25) is 11.8 Å². The topological polar surface area (TPSA) is 112 Å². The number of amides is 3. The van der Waals surface area contributed by atoms with E-state index in [-0.39, 0.29) is 17.4 Å². The molecule has 156 valence electrons. The second kappa shape index (κ2) is 8.52. The van der Waals surface area contributed by atoms with Gasteiger partial charge in [0, 0.05) is 24.4 Å². The number of anilines is 1. The van der Waals surface area contributed by atoms with Crippen LogP contribution in [0, 0.1) is 12.3 Å². The molecule has 8 nitrogen and oxygen atoms in total. The molecule has 1 aliphatic heterocycles. The number of nitrogens with zero attached hydrogens (tertiary/aromatic N) is 2. The molecular formula is C20H25BrN4O4. The Morgan fingerprint density at radius 1 is 1.41 bits per heavy atom. The number of hydrogen-bond acceptors (Lipinski definition) is 4. The van der Waals surface area contributed by atoms with Gasteiger partial charge in [0.1, 0.15) is 16.5 Å². The Morgan fingerprint density at radius 3 is 2.86 bits per heavy atom. The number of rotatable bonds is 8. The number of pyridine rings is 1. The molecular weight excluding hydrogens is 440 g/mol. The van der Waals surface area contributed by atoms with Crippen LogP contribution in [0.15, 0.2) is 29.4 Å². The highest BCUT2D eigenvalue weighted by Crippen LogP contribution is 2.59. The van der Waals surface area contributed by atoms with Crippen LogP contribution in [0.1, 0.15) is 37.7 Å². The van der Waals surface area contributed by atoms with E-state index < -0.39 is 18.0 Å². The van der Waals surface area contributed by atoms with Crippen molar-refractivity contribution < 1.29 is 19.5 Å². The van der Waals surface area contributed by atoms with Crippen LogP contribution < -0.4 is 10.6 Å². The number of aromatic nitrogens is 1. The third-order valence-corrected chi connectivity index (χ3v) is 6.14. The Bertz CT molecular complexity index is 846. The van der Waals surface area contributed by atoms with Crippen LogP contribution in [0.5, 0.6) is 0 Å². The molecule has 9 heteroatoms. The highest BCUT2D eigenvalue weighted by atomic mass is 79.9. The summed E-state index contributed by atoms with van der Waals surface area (Å²) in [6, 6.07) is 2.54. The Hall–Kier alpha value is -2.42. The van der Waals surface area contributed by atoms with E-state index in [0.29, 0.717) is 36.2 Å². The van der Waals surface area contributed by atoms with E-state index >= 15 is 0 Å². The van der Waals surface area contributed by atoms with Crippen molar-refractivity contribution in [1.82, 2.24) is 15.2 Å². The molecule has 2 heterocycles. The third-order valence-electron chi connectivity index (χ3n) is 5.70. The predicted octanol–water partition coefficient (Wildman–Crippen LogP) is 3.07. The van der Waals surface area contributed by atoms with Crippen LogP contribution in [-0.4, -0.2) is 51.5 Å². The van der Waals surface area contributed by atoms with Crippen LogP contribution in [0.4, 0.5) is 10.6 Å². The average molecular weight is 465 g/mol. The zero-order chi connectivity index (χ0) is 21.2. The smallest absolute Gasteiger partial charge is 0.408 e. The van der Waals surface area contributed by atoms with E-state index in [2.05, 4.69) is 38.1 Å². The Morgan fingerprint density at radius 2 is 2.17 bits per heavy atom. The number of carbonyl (C=O) groups is 3. The highest BCUT2D eigenvalue weighted by Gasteiger charge is 2.67. The molecule has 1 aromatic rings. The lowest BCUT2D eigenvalue weighted by Crippen LogP contribution is -2.45. The zero-order valence-corrected chi connectivity index (χ0v) is 17.9. The van der Waals surface area contributed by atoms with Gasteiger partial charge in [0.25, 0.3) is 0 Å². The van der Waals surface area contributed by atoms with Crippen molar-refractivity contribution in [3.8, 4) is 0 Å². The van der Waals surface area contributed by atoms with Crippen molar-refractivity contribution in [2.24, 2.45) is 5.41 Å². The SMILES string of the molecule is C=CCCCC(=O)NCC12CC(C(=O)Nc3nc(Br)ccc3C)N(C(=O)O)C1C2. The van der Waals surface area contributed by atoms with Gasteiger partial charge < -0.3 is 15.7 Å².